The van der Waals surface area contributed by atoms with Crippen LogP contribution in [0.25, 0.3) is 0 Å². The molecule has 2 heteroatoms. The van der Waals surface area contributed by atoms with Gasteiger partial charge in [-0.3, -0.25) is 4.79 Å². The highest BCUT2D eigenvalue weighted by molar-refractivity contribution is 5.93. The van der Waals surface area contributed by atoms with Crippen LogP contribution in [-0.4, -0.2) is 12.1 Å². The van der Waals surface area contributed by atoms with E-state index in [0.717, 1.165) is 44.8 Å². The van der Waals surface area contributed by atoms with Crippen molar-refractivity contribution in [2.75, 3.05) is 0 Å². The first-order valence-corrected chi connectivity index (χ1v) is 16.3. The molecule has 0 aliphatic heterocycles. The Kier molecular flexibility index (Phi) is 30.1. The predicted octanol–water partition coefficient (Wildman–Crippen LogP) is 11.6. The molecule has 0 heterocycles. The monoisotopic (exact) mass is 526 g/mol. The number of carbonyl (C=O) groups excluding carboxylic acids is 2. The zero-order valence-corrected chi connectivity index (χ0v) is 25.4. The van der Waals surface area contributed by atoms with Gasteiger partial charge in [0.25, 0.3) is 0 Å². The Hall–Kier alpha value is -1.70. The van der Waals surface area contributed by atoms with Crippen LogP contribution in [0.15, 0.2) is 48.6 Å². The first-order valence-electron chi connectivity index (χ1n) is 16.3. The maximum Gasteiger partial charge on any atom is 0.143 e. The van der Waals surface area contributed by atoms with E-state index >= 15 is 0 Å². The van der Waals surface area contributed by atoms with Crippen LogP contribution in [0.3, 0.4) is 0 Å². The molecule has 0 aliphatic rings. The molecule has 0 aromatic heterocycles. The lowest BCUT2D eigenvalue weighted by molar-refractivity contribution is -0.127. The average Bonchev–Trinajstić information content (AvgIpc) is 2.93. The number of aldehydes is 1. The lowest BCUT2D eigenvalue weighted by atomic mass is 9.95. The van der Waals surface area contributed by atoms with Crippen molar-refractivity contribution in [1.82, 2.24) is 0 Å². The van der Waals surface area contributed by atoms with Gasteiger partial charge in [0.15, 0.2) is 0 Å². The Morgan fingerprint density at radius 3 is 1.37 bits per heavy atom. The average molecular weight is 527 g/mol. The number of carbonyl (C=O) groups is 2. The summed E-state index contributed by atoms with van der Waals surface area (Å²) in [6.07, 6.45) is 45.5. The van der Waals surface area contributed by atoms with E-state index in [4.69, 9.17) is 0 Å². The van der Waals surface area contributed by atoms with Crippen molar-refractivity contribution in [3.8, 4) is 0 Å². The van der Waals surface area contributed by atoms with Gasteiger partial charge < -0.3 is 4.79 Å². The van der Waals surface area contributed by atoms with E-state index in [1.54, 1.807) is 0 Å². The van der Waals surface area contributed by atoms with E-state index in [1.165, 1.54) is 96.3 Å². The zero-order chi connectivity index (χ0) is 27.8. The third-order valence-corrected chi connectivity index (χ3v) is 7.21. The highest BCUT2D eigenvalue weighted by Gasteiger charge is 2.15. The lowest BCUT2D eigenvalue weighted by Gasteiger charge is -2.08. The third kappa shape index (κ3) is 27.3. The molecule has 1 atom stereocenters. The molecule has 0 bridgehead atoms. The quantitative estimate of drug-likeness (QED) is 0.0420. The van der Waals surface area contributed by atoms with Crippen LogP contribution >= 0.6 is 0 Å². The second-order valence-electron chi connectivity index (χ2n) is 10.9. The molecule has 0 aromatic rings. The van der Waals surface area contributed by atoms with Crippen molar-refractivity contribution >= 4 is 12.1 Å². The maximum atomic E-state index is 12.4. The minimum Gasteiger partial charge on any atom is -0.303 e. The lowest BCUT2D eigenvalue weighted by Crippen LogP contribution is -2.15. The summed E-state index contributed by atoms with van der Waals surface area (Å²) in [5.41, 5.74) is 0. The molecule has 0 fully saturated rings. The van der Waals surface area contributed by atoms with Crippen molar-refractivity contribution in [1.29, 1.82) is 0 Å². The normalized spacial score (nSPS) is 13.0. The number of hydrogen-bond acceptors (Lipinski definition) is 2. The Balaban J connectivity index is 3.65. The molecular formula is C36H62O2. The van der Waals surface area contributed by atoms with Gasteiger partial charge in [-0.15, -0.1) is 0 Å². The molecule has 0 radical (unpaired) electrons. The summed E-state index contributed by atoms with van der Waals surface area (Å²) < 4.78 is 0. The van der Waals surface area contributed by atoms with Gasteiger partial charge in [0.2, 0.25) is 0 Å². The van der Waals surface area contributed by atoms with Gasteiger partial charge in [0.05, 0.1) is 5.92 Å². The molecule has 0 aliphatic carbocycles. The van der Waals surface area contributed by atoms with Crippen LogP contribution in [0.5, 0.6) is 0 Å². The predicted molar refractivity (Wildman–Crippen MR) is 169 cm³/mol. The number of allylic oxidation sites excluding steroid dienone is 8. The summed E-state index contributed by atoms with van der Waals surface area (Å²) >= 11 is 0. The summed E-state index contributed by atoms with van der Waals surface area (Å²) in [5, 5.41) is 0. The van der Waals surface area contributed by atoms with E-state index in [0.29, 0.717) is 12.8 Å². The van der Waals surface area contributed by atoms with Gasteiger partial charge in [-0.1, -0.05) is 152 Å². The summed E-state index contributed by atoms with van der Waals surface area (Å²) in [6.45, 7) is 4.51. The fourth-order valence-electron chi connectivity index (χ4n) is 4.64. The molecule has 0 N–H and O–H groups in total. The number of ketones is 1. The second-order valence-corrected chi connectivity index (χ2v) is 10.9. The topological polar surface area (TPSA) is 34.1 Å². The summed E-state index contributed by atoms with van der Waals surface area (Å²) in [7, 11) is 0. The minimum atomic E-state index is -0.418. The summed E-state index contributed by atoms with van der Waals surface area (Å²) in [6, 6.07) is 0. The van der Waals surface area contributed by atoms with Gasteiger partial charge in [-0.2, -0.15) is 0 Å². The van der Waals surface area contributed by atoms with Crippen LogP contribution in [0.4, 0.5) is 0 Å². The van der Waals surface area contributed by atoms with Crippen LogP contribution < -0.4 is 0 Å². The fourth-order valence-corrected chi connectivity index (χ4v) is 4.64. The molecule has 1 unspecified atom stereocenters. The van der Waals surface area contributed by atoms with Crippen LogP contribution in [0.2, 0.25) is 0 Å². The number of hydrogen-bond donors (Lipinski definition) is 0. The highest BCUT2D eigenvalue weighted by atomic mass is 16.1. The molecule has 0 spiro atoms. The van der Waals surface area contributed by atoms with Gasteiger partial charge in [-0.25, -0.2) is 0 Å². The molecular weight excluding hydrogens is 464 g/mol. The Morgan fingerprint density at radius 2 is 0.895 bits per heavy atom. The van der Waals surface area contributed by atoms with E-state index in [-0.39, 0.29) is 5.78 Å². The number of Topliss-reactive ketones (excluding diaryl/α,β-unsaturated/α-hetero) is 1. The molecule has 0 saturated carbocycles. The van der Waals surface area contributed by atoms with Crippen molar-refractivity contribution in [2.45, 2.75) is 162 Å². The number of rotatable bonds is 29. The smallest absolute Gasteiger partial charge is 0.143 e. The number of unbranched alkanes of at least 4 members (excludes halogenated alkanes) is 15. The van der Waals surface area contributed by atoms with Crippen LogP contribution in [0, 0.1) is 5.92 Å². The Bertz CT molecular complexity index is 625. The molecule has 38 heavy (non-hydrogen) atoms. The standard InChI is InChI=1S/C36H62O2/c1-3-5-7-9-11-13-15-17-18-19-21-22-24-26-28-30-32-35(34-37)36(38)33-31-29-27-25-23-20-16-14-12-10-8-6-4-2/h11,13,17-18,21-22,26,28,34-35H,3-10,12,14-16,19-20,23-25,27,29-33H2,1-2H3. The summed E-state index contributed by atoms with van der Waals surface area (Å²) in [4.78, 5) is 23.8. The maximum absolute atomic E-state index is 12.4. The zero-order valence-electron chi connectivity index (χ0n) is 25.4. The molecule has 2 nitrogen and oxygen atoms in total. The van der Waals surface area contributed by atoms with Crippen LogP contribution in [0.1, 0.15) is 162 Å². The van der Waals surface area contributed by atoms with Crippen molar-refractivity contribution in [3.63, 3.8) is 0 Å². The van der Waals surface area contributed by atoms with Crippen molar-refractivity contribution in [3.05, 3.63) is 48.6 Å². The van der Waals surface area contributed by atoms with Crippen LogP contribution in [-0.2, 0) is 9.59 Å². The first-order chi connectivity index (χ1) is 18.8. The molecule has 218 valence electrons. The molecule has 0 aromatic carbocycles. The fraction of sp³-hybridized carbons (Fsp3) is 0.722. The minimum absolute atomic E-state index is 0.138. The van der Waals surface area contributed by atoms with Crippen molar-refractivity contribution in [2.24, 2.45) is 5.92 Å². The van der Waals surface area contributed by atoms with Gasteiger partial charge in [0, 0.05) is 6.42 Å². The van der Waals surface area contributed by atoms with Gasteiger partial charge in [-0.05, 0) is 51.4 Å². The Labute approximate surface area is 237 Å². The van der Waals surface area contributed by atoms with E-state index in [1.807, 2.05) is 0 Å². The third-order valence-electron chi connectivity index (χ3n) is 7.21. The molecule has 0 saturated heterocycles. The summed E-state index contributed by atoms with van der Waals surface area (Å²) in [5.74, 6) is -0.280. The van der Waals surface area contributed by atoms with Gasteiger partial charge in [0.1, 0.15) is 12.1 Å². The SMILES string of the molecule is CCCCCC=CCC=CCC=CCC=CCCC(C=O)C(=O)CCCCCCCCCCCCCCC. The highest BCUT2D eigenvalue weighted by Crippen LogP contribution is 2.15. The van der Waals surface area contributed by atoms with Gasteiger partial charge >= 0.3 is 0 Å². The Morgan fingerprint density at radius 1 is 0.500 bits per heavy atom. The van der Waals surface area contributed by atoms with E-state index in [9.17, 15) is 9.59 Å². The second kappa shape index (κ2) is 31.5. The van der Waals surface area contributed by atoms with E-state index < -0.39 is 5.92 Å². The molecule has 0 rings (SSSR count). The van der Waals surface area contributed by atoms with E-state index in [2.05, 4.69) is 62.5 Å². The largest absolute Gasteiger partial charge is 0.303 e. The first kappa shape index (κ1) is 36.3. The molecule has 0 amide bonds. The van der Waals surface area contributed by atoms with Crippen molar-refractivity contribution < 1.29 is 9.59 Å².